The number of benzene rings is 1. The molecule has 0 bridgehead atoms. The van der Waals surface area contributed by atoms with Crippen LogP contribution in [0.15, 0.2) is 36.4 Å². The fourth-order valence-electron chi connectivity index (χ4n) is 1.94. The van der Waals surface area contributed by atoms with Crippen molar-refractivity contribution < 1.29 is 0 Å². The van der Waals surface area contributed by atoms with Crippen LogP contribution in [0.3, 0.4) is 0 Å². The van der Waals surface area contributed by atoms with Crippen molar-refractivity contribution in [1.82, 2.24) is 0 Å². The molecule has 2 aromatic rings. The van der Waals surface area contributed by atoms with Gasteiger partial charge in [-0.2, -0.15) is 0 Å². The summed E-state index contributed by atoms with van der Waals surface area (Å²) in [6.45, 7) is 4.90. The van der Waals surface area contributed by atoms with Gasteiger partial charge in [0.05, 0.1) is 6.04 Å². The van der Waals surface area contributed by atoms with Gasteiger partial charge in [0.15, 0.2) is 0 Å². The summed E-state index contributed by atoms with van der Waals surface area (Å²) < 4.78 is 0. The lowest BCUT2D eigenvalue weighted by Gasteiger charge is -2.18. The molecule has 1 aromatic carbocycles. The Kier molecular flexibility index (Phi) is 4.39. The first-order valence-electron chi connectivity index (χ1n) is 6.35. The quantitative estimate of drug-likeness (QED) is 0.859. The molecule has 0 radical (unpaired) electrons. The maximum Gasteiger partial charge on any atom is 0.0728 e. The zero-order valence-corrected chi connectivity index (χ0v) is 11.8. The molecule has 2 nitrogen and oxygen atoms in total. The average molecular weight is 260 g/mol. The molecule has 1 aromatic heterocycles. The summed E-state index contributed by atoms with van der Waals surface area (Å²) >= 11 is 1.85. The molecule has 0 aliphatic rings. The third-order valence-corrected chi connectivity index (χ3v) is 4.43. The molecule has 0 saturated heterocycles. The molecule has 0 aliphatic heterocycles. The molecule has 1 heterocycles. The normalized spacial score (nSPS) is 12.4. The van der Waals surface area contributed by atoms with Crippen LogP contribution in [0.2, 0.25) is 0 Å². The van der Waals surface area contributed by atoms with Crippen LogP contribution in [-0.2, 0) is 6.42 Å². The minimum absolute atomic E-state index is 0.205. The van der Waals surface area contributed by atoms with E-state index in [0.29, 0.717) is 6.54 Å². The molecule has 18 heavy (non-hydrogen) atoms. The number of thiophene rings is 1. The molecular formula is C15H20N2S. The van der Waals surface area contributed by atoms with Gasteiger partial charge in [0.1, 0.15) is 0 Å². The Bertz CT molecular complexity index is 505. The number of rotatable bonds is 5. The number of nitrogens with two attached hydrogens (primary N) is 1. The second-order valence-corrected chi connectivity index (χ2v) is 5.61. The summed E-state index contributed by atoms with van der Waals surface area (Å²) in [6.07, 6.45) is 1.09. The summed E-state index contributed by atoms with van der Waals surface area (Å²) in [5.74, 6) is 0. The minimum Gasteiger partial charge on any atom is -0.376 e. The third-order valence-electron chi connectivity index (χ3n) is 3.08. The largest absolute Gasteiger partial charge is 0.376 e. The van der Waals surface area contributed by atoms with Crippen LogP contribution in [-0.4, -0.2) is 6.54 Å². The van der Waals surface area contributed by atoms with E-state index in [0.717, 1.165) is 6.42 Å². The SMILES string of the molecule is CCc1ccc(C(CN)Nc2ccccc2C)s1. The Morgan fingerprint density at radius 3 is 2.61 bits per heavy atom. The van der Waals surface area contributed by atoms with E-state index in [1.54, 1.807) is 0 Å². The van der Waals surface area contributed by atoms with Gasteiger partial charge >= 0.3 is 0 Å². The molecule has 0 spiro atoms. The van der Waals surface area contributed by atoms with Gasteiger partial charge in [0.25, 0.3) is 0 Å². The molecule has 0 fully saturated rings. The van der Waals surface area contributed by atoms with Crippen LogP contribution >= 0.6 is 11.3 Å². The van der Waals surface area contributed by atoms with Crippen LogP contribution < -0.4 is 11.1 Å². The van der Waals surface area contributed by atoms with Gasteiger partial charge in [-0.3, -0.25) is 0 Å². The van der Waals surface area contributed by atoms with Crippen molar-refractivity contribution in [3.05, 3.63) is 51.7 Å². The van der Waals surface area contributed by atoms with Crippen molar-refractivity contribution >= 4 is 17.0 Å². The average Bonchev–Trinajstić information content (AvgIpc) is 2.86. The molecule has 96 valence electrons. The van der Waals surface area contributed by atoms with Crippen LogP contribution in [0.25, 0.3) is 0 Å². The predicted octanol–water partition coefficient (Wildman–Crippen LogP) is 3.73. The number of hydrogen-bond acceptors (Lipinski definition) is 3. The van der Waals surface area contributed by atoms with Gasteiger partial charge in [0.2, 0.25) is 0 Å². The standard InChI is InChI=1S/C15H20N2S/c1-3-12-8-9-15(18-12)14(10-16)17-13-7-5-4-6-11(13)2/h4-9,14,17H,3,10,16H2,1-2H3. The minimum atomic E-state index is 0.205. The monoisotopic (exact) mass is 260 g/mol. The molecule has 3 N–H and O–H groups in total. The number of anilines is 1. The second-order valence-electron chi connectivity index (χ2n) is 4.41. The summed E-state index contributed by atoms with van der Waals surface area (Å²) in [6, 6.07) is 12.9. The van der Waals surface area contributed by atoms with Crippen molar-refractivity contribution in [2.24, 2.45) is 5.73 Å². The highest BCUT2D eigenvalue weighted by atomic mass is 32.1. The van der Waals surface area contributed by atoms with Gasteiger partial charge in [-0.05, 0) is 37.1 Å². The van der Waals surface area contributed by atoms with E-state index in [-0.39, 0.29) is 6.04 Å². The third kappa shape index (κ3) is 2.92. The van der Waals surface area contributed by atoms with E-state index >= 15 is 0 Å². The van der Waals surface area contributed by atoms with E-state index in [1.165, 1.54) is 21.0 Å². The predicted molar refractivity (Wildman–Crippen MR) is 80.3 cm³/mol. The summed E-state index contributed by atoms with van der Waals surface area (Å²) in [5, 5.41) is 3.54. The van der Waals surface area contributed by atoms with E-state index in [4.69, 9.17) is 5.73 Å². The number of para-hydroxylation sites is 1. The van der Waals surface area contributed by atoms with E-state index in [1.807, 2.05) is 11.3 Å². The Hall–Kier alpha value is -1.32. The van der Waals surface area contributed by atoms with Gasteiger partial charge in [-0.15, -0.1) is 11.3 Å². The summed E-state index contributed by atoms with van der Waals surface area (Å²) in [7, 11) is 0. The van der Waals surface area contributed by atoms with E-state index in [9.17, 15) is 0 Å². The number of nitrogens with one attached hydrogen (secondary N) is 1. The number of hydrogen-bond donors (Lipinski definition) is 2. The zero-order chi connectivity index (χ0) is 13.0. The first-order chi connectivity index (χ1) is 8.74. The summed E-state index contributed by atoms with van der Waals surface area (Å²) in [4.78, 5) is 2.73. The first kappa shape index (κ1) is 13.1. The fourth-order valence-corrected chi connectivity index (χ4v) is 2.96. The Morgan fingerprint density at radius 1 is 1.22 bits per heavy atom. The topological polar surface area (TPSA) is 38.0 Å². The molecule has 0 aliphatic carbocycles. The van der Waals surface area contributed by atoms with Gasteiger partial charge in [-0.1, -0.05) is 25.1 Å². The van der Waals surface area contributed by atoms with Crippen LogP contribution in [0.4, 0.5) is 5.69 Å². The molecule has 3 heteroatoms. The molecule has 0 amide bonds. The van der Waals surface area contributed by atoms with Crippen molar-refractivity contribution in [3.63, 3.8) is 0 Å². The van der Waals surface area contributed by atoms with Crippen molar-refractivity contribution in [2.75, 3.05) is 11.9 Å². The first-order valence-corrected chi connectivity index (χ1v) is 7.17. The van der Waals surface area contributed by atoms with E-state index in [2.05, 4.69) is 55.6 Å². The van der Waals surface area contributed by atoms with E-state index < -0.39 is 0 Å². The van der Waals surface area contributed by atoms with Crippen LogP contribution in [0.1, 0.15) is 28.3 Å². The molecular weight excluding hydrogens is 240 g/mol. The van der Waals surface area contributed by atoms with Crippen molar-refractivity contribution in [2.45, 2.75) is 26.3 Å². The van der Waals surface area contributed by atoms with Crippen molar-refractivity contribution in [3.8, 4) is 0 Å². The highest BCUT2D eigenvalue weighted by Crippen LogP contribution is 2.27. The Morgan fingerprint density at radius 2 is 2.00 bits per heavy atom. The lowest BCUT2D eigenvalue weighted by molar-refractivity contribution is 0.804. The van der Waals surface area contributed by atoms with Gasteiger partial charge in [0, 0.05) is 22.0 Å². The summed E-state index contributed by atoms with van der Waals surface area (Å²) in [5.41, 5.74) is 8.32. The van der Waals surface area contributed by atoms with Gasteiger partial charge in [-0.25, -0.2) is 0 Å². The maximum atomic E-state index is 5.90. The smallest absolute Gasteiger partial charge is 0.0728 e. The van der Waals surface area contributed by atoms with Gasteiger partial charge < -0.3 is 11.1 Å². The van der Waals surface area contributed by atoms with Crippen molar-refractivity contribution in [1.29, 1.82) is 0 Å². The Labute approximate surface area is 113 Å². The molecule has 1 unspecified atom stereocenters. The highest BCUT2D eigenvalue weighted by Gasteiger charge is 2.12. The van der Waals surface area contributed by atoms with Crippen LogP contribution in [0.5, 0.6) is 0 Å². The fraction of sp³-hybridized carbons (Fsp3) is 0.333. The maximum absolute atomic E-state index is 5.90. The molecule has 0 saturated carbocycles. The highest BCUT2D eigenvalue weighted by molar-refractivity contribution is 7.12. The number of aryl methyl sites for hydroxylation is 2. The second kappa shape index (κ2) is 6.03. The molecule has 2 rings (SSSR count). The lowest BCUT2D eigenvalue weighted by Crippen LogP contribution is -2.19. The zero-order valence-electron chi connectivity index (χ0n) is 10.9. The molecule has 1 atom stereocenters. The lowest BCUT2D eigenvalue weighted by atomic mass is 10.1. The Balaban J connectivity index is 2.17. The van der Waals surface area contributed by atoms with Crippen LogP contribution in [0, 0.1) is 6.92 Å².